The molecule has 2 rings (SSSR count). The van der Waals surface area contributed by atoms with Gasteiger partial charge in [-0.25, -0.2) is 5.01 Å². The second kappa shape index (κ2) is 3.01. The first-order chi connectivity index (χ1) is 6.27. The molecule has 0 aliphatic carbocycles. The lowest BCUT2D eigenvalue weighted by Gasteiger charge is -2.10. The summed E-state index contributed by atoms with van der Waals surface area (Å²) in [6, 6.07) is 9.38. The van der Waals surface area contributed by atoms with E-state index in [-0.39, 0.29) is 5.91 Å². The normalized spacial score (nSPS) is 16.2. The third kappa shape index (κ3) is 1.45. The van der Waals surface area contributed by atoms with E-state index in [1.165, 1.54) is 11.4 Å². The Morgan fingerprint density at radius 3 is 2.46 bits per heavy atom. The lowest BCUT2D eigenvalue weighted by Crippen LogP contribution is -2.19. The van der Waals surface area contributed by atoms with Crippen molar-refractivity contribution in [2.75, 3.05) is 5.01 Å². The molecule has 1 aromatic carbocycles. The SMILES string of the molecule is CC1=NN(c2ccccc2)C(=O)[CH]1. The van der Waals surface area contributed by atoms with Crippen LogP contribution in [0.5, 0.6) is 0 Å². The lowest BCUT2D eigenvalue weighted by molar-refractivity contribution is -0.114. The molecule has 0 atom stereocenters. The van der Waals surface area contributed by atoms with Crippen LogP contribution in [0.3, 0.4) is 0 Å². The second-order valence-electron chi connectivity index (χ2n) is 2.87. The van der Waals surface area contributed by atoms with Gasteiger partial charge in [0.1, 0.15) is 0 Å². The molecule has 0 aromatic heterocycles. The van der Waals surface area contributed by atoms with Crippen molar-refractivity contribution in [2.24, 2.45) is 5.10 Å². The molecule has 0 spiro atoms. The van der Waals surface area contributed by atoms with Gasteiger partial charge in [-0.2, -0.15) is 5.10 Å². The van der Waals surface area contributed by atoms with Gasteiger partial charge in [0.05, 0.1) is 12.1 Å². The van der Waals surface area contributed by atoms with Crippen molar-refractivity contribution in [1.82, 2.24) is 0 Å². The summed E-state index contributed by atoms with van der Waals surface area (Å²) >= 11 is 0. The zero-order chi connectivity index (χ0) is 9.26. The average molecular weight is 173 g/mol. The average Bonchev–Trinajstić information content (AvgIpc) is 2.47. The number of benzene rings is 1. The van der Waals surface area contributed by atoms with Gasteiger partial charge in [-0.05, 0) is 19.1 Å². The number of carbonyl (C=O) groups excluding carboxylic acids is 1. The lowest BCUT2D eigenvalue weighted by atomic mass is 10.3. The number of hydrogen-bond acceptors (Lipinski definition) is 2. The Morgan fingerprint density at radius 1 is 1.23 bits per heavy atom. The Bertz CT molecular complexity index is 356. The molecule has 1 heterocycles. The highest BCUT2D eigenvalue weighted by atomic mass is 16.2. The van der Waals surface area contributed by atoms with Gasteiger partial charge in [-0.3, -0.25) is 4.79 Å². The van der Waals surface area contributed by atoms with Crippen molar-refractivity contribution in [2.45, 2.75) is 6.92 Å². The van der Waals surface area contributed by atoms with Gasteiger partial charge in [0, 0.05) is 5.71 Å². The number of rotatable bonds is 1. The molecule has 1 aliphatic rings. The number of nitrogens with zero attached hydrogens (tertiary/aromatic N) is 2. The van der Waals surface area contributed by atoms with E-state index in [9.17, 15) is 4.79 Å². The smallest absolute Gasteiger partial charge is 0.257 e. The molecular weight excluding hydrogens is 164 g/mol. The van der Waals surface area contributed by atoms with Gasteiger partial charge in [-0.1, -0.05) is 18.2 Å². The molecular formula is C10H9N2O. The zero-order valence-corrected chi connectivity index (χ0v) is 7.27. The first kappa shape index (κ1) is 7.98. The summed E-state index contributed by atoms with van der Waals surface area (Å²) in [7, 11) is 0. The van der Waals surface area contributed by atoms with Gasteiger partial charge in [-0.15, -0.1) is 0 Å². The highest BCUT2D eigenvalue weighted by molar-refractivity contribution is 6.21. The maximum Gasteiger partial charge on any atom is 0.257 e. The Morgan fingerprint density at radius 2 is 1.92 bits per heavy atom. The van der Waals surface area contributed by atoms with Crippen molar-refractivity contribution >= 4 is 17.3 Å². The number of anilines is 1. The van der Waals surface area contributed by atoms with Crippen molar-refractivity contribution in [3.63, 3.8) is 0 Å². The Hall–Kier alpha value is -1.64. The molecule has 1 radical (unpaired) electrons. The summed E-state index contributed by atoms with van der Waals surface area (Å²) < 4.78 is 0. The molecule has 0 saturated carbocycles. The van der Waals surface area contributed by atoms with Gasteiger partial charge in [0.2, 0.25) is 0 Å². The van der Waals surface area contributed by atoms with E-state index in [1.807, 2.05) is 30.3 Å². The first-order valence-electron chi connectivity index (χ1n) is 4.06. The number of hydrazone groups is 1. The first-order valence-corrected chi connectivity index (χ1v) is 4.06. The molecule has 0 N–H and O–H groups in total. The van der Waals surface area contributed by atoms with Gasteiger partial charge < -0.3 is 0 Å². The van der Waals surface area contributed by atoms with E-state index < -0.39 is 0 Å². The molecule has 0 bridgehead atoms. The standard InChI is InChI=1S/C10H9N2O/c1-8-7-10(13)12(11-8)9-5-3-2-4-6-9/h2-7H,1H3. The van der Waals surface area contributed by atoms with Crippen LogP contribution in [0, 0.1) is 6.42 Å². The van der Waals surface area contributed by atoms with Crippen molar-refractivity contribution in [3.8, 4) is 0 Å². The summed E-state index contributed by atoms with van der Waals surface area (Å²) in [5.41, 5.74) is 1.55. The molecule has 0 fully saturated rings. The predicted molar refractivity (Wildman–Crippen MR) is 51.3 cm³/mol. The highest BCUT2D eigenvalue weighted by Gasteiger charge is 2.22. The van der Waals surface area contributed by atoms with E-state index in [1.54, 1.807) is 6.92 Å². The molecule has 1 aliphatic heterocycles. The van der Waals surface area contributed by atoms with Gasteiger partial charge in [0.25, 0.3) is 5.91 Å². The topological polar surface area (TPSA) is 32.7 Å². The van der Waals surface area contributed by atoms with E-state index in [2.05, 4.69) is 5.10 Å². The third-order valence-corrected chi connectivity index (χ3v) is 1.80. The van der Waals surface area contributed by atoms with Crippen LogP contribution < -0.4 is 5.01 Å². The molecule has 13 heavy (non-hydrogen) atoms. The quantitative estimate of drug-likeness (QED) is 0.635. The minimum Gasteiger partial charge on any atom is -0.272 e. The van der Waals surface area contributed by atoms with Crippen molar-refractivity contribution in [3.05, 3.63) is 36.8 Å². The van der Waals surface area contributed by atoms with Crippen molar-refractivity contribution < 1.29 is 4.79 Å². The van der Waals surface area contributed by atoms with E-state index in [4.69, 9.17) is 0 Å². The largest absolute Gasteiger partial charge is 0.272 e. The third-order valence-electron chi connectivity index (χ3n) is 1.80. The molecule has 1 aromatic rings. The number of carbonyl (C=O) groups is 1. The summed E-state index contributed by atoms with van der Waals surface area (Å²) in [5, 5.41) is 5.48. The maximum atomic E-state index is 11.3. The summed E-state index contributed by atoms with van der Waals surface area (Å²) in [5.74, 6) is -0.0799. The monoisotopic (exact) mass is 173 g/mol. The zero-order valence-electron chi connectivity index (χ0n) is 7.27. The maximum absolute atomic E-state index is 11.3. The molecule has 0 saturated heterocycles. The highest BCUT2D eigenvalue weighted by Crippen LogP contribution is 2.18. The fourth-order valence-corrected chi connectivity index (χ4v) is 1.23. The molecule has 1 amide bonds. The van der Waals surface area contributed by atoms with Crippen molar-refractivity contribution in [1.29, 1.82) is 0 Å². The van der Waals surface area contributed by atoms with Crippen LogP contribution in [0.25, 0.3) is 0 Å². The minimum absolute atomic E-state index is 0.0799. The Kier molecular flexibility index (Phi) is 1.85. The Labute approximate surface area is 76.7 Å². The fourth-order valence-electron chi connectivity index (χ4n) is 1.23. The summed E-state index contributed by atoms with van der Waals surface area (Å²) in [6.07, 6.45) is 1.52. The molecule has 65 valence electrons. The fraction of sp³-hybridized carbons (Fsp3) is 0.100. The number of amides is 1. The van der Waals surface area contributed by atoms with Crippen LogP contribution >= 0.6 is 0 Å². The van der Waals surface area contributed by atoms with E-state index in [0.717, 1.165) is 11.4 Å². The van der Waals surface area contributed by atoms with Crippen LogP contribution in [0.2, 0.25) is 0 Å². The van der Waals surface area contributed by atoms with Crippen LogP contribution in [-0.2, 0) is 4.79 Å². The second-order valence-corrected chi connectivity index (χ2v) is 2.87. The Balaban J connectivity index is 2.33. The molecule has 0 unspecified atom stereocenters. The van der Waals surface area contributed by atoms with E-state index >= 15 is 0 Å². The number of hydrogen-bond donors (Lipinski definition) is 0. The minimum atomic E-state index is -0.0799. The number of para-hydroxylation sites is 1. The van der Waals surface area contributed by atoms with Crippen LogP contribution in [0.1, 0.15) is 6.92 Å². The van der Waals surface area contributed by atoms with E-state index in [0.29, 0.717) is 0 Å². The summed E-state index contributed by atoms with van der Waals surface area (Å²) in [4.78, 5) is 11.3. The molecule has 3 nitrogen and oxygen atoms in total. The van der Waals surface area contributed by atoms with Crippen LogP contribution in [0.4, 0.5) is 5.69 Å². The summed E-state index contributed by atoms with van der Waals surface area (Å²) in [6.45, 7) is 1.81. The van der Waals surface area contributed by atoms with Crippen LogP contribution in [0.15, 0.2) is 35.4 Å². The predicted octanol–water partition coefficient (Wildman–Crippen LogP) is 1.61. The van der Waals surface area contributed by atoms with Crippen LogP contribution in [-0.4, -0.2) is 11.6 Å². The van der Waals surface area contributed by atoms with Gasteiger partial charge in [0.15, 0.2) is 0 Å². The molecule has 3 heteroatoms. The van der Waals surface area contributed by atoms with Gasteiger partial charge >= 0.3 is 0 Å².